The van der Waals surface area contributed by atoms with Crippen LogP contribution >= 0.6 is 11.3 Å². The summed E-state index contributed by atoms with van der Waals surface area (Å²) in [6.07, 6.45) is 2.09. The normalized spacial score (nSPS) is 30.0. The molecule has 0 aromatic carbocycles. The minimum atomic E-state index is -0.204. The van der Waals surface area contributed by atoms with E-state index in [2.05, 4.69) is 18.4 Å². The summed E-state index contributed by atoms with van der Waals surface area (Å²) >= 11 is 1.77. The molecule has 2 heteroatoms. The van der Waals surface area contributed by atoms with Crippen molar-refractivity contribution in [2.24, 2.45) is 5.92 Å². The van der Waals surface area contributed by atoms with E-state index < -0.39 is 0 Å². The van der Waals surface area contributed by atoms with Crippen LogP contribution in [0.25, 0.3) is 0 Å². The summed E-state index contributed by atoms with van der Waals surface area (Å²) in [7, 11) is 0. The van der Waals surface area contributed by atoms with Crippen molar-refractivity contribution in [1.82, 2.24) is 0 Å². The molecule has 0 fully saturated rings. The Kier molecular flexibility index (Phi) is 1.74. The van der Waals surface area contributed by atoms with Gasteiger partial charge in [-0.2, -0.15) is 0 Å². The molecule has 1 nitrogen and oxygen atoms in total. The molecule has 60 valence electrons. The first-order valence-electron chi connectivity index (χ1n) is 4.03. The van der Waals surface area contributed by atoms with Gasteiger partial charge in [-0.3, -0.25) is 0 Å². The van der Waals surface area contributed by atoms with E-state index in [1.54, 1.807) is 11.3 Å². The molecule has 0 spiro atoms. The van der Waals surface area contributed by atoms with Gasteiger partial charge in [0.1, 0.15) is 0 Å². The molecule has 2 atom stereocenters. The molecule has 0 radical (unpaired) electrons. The first kappa shape index (κ1) is 7.32. The van der Waals surface area contributed by atoms with Gasteiger partial charge in [0.05, 0.1) is 6.10 Å². The number of hydrogen-bond acceptors (Lipinski definition) is 2. The molecular formula is C9H12OS. The fourth-order valence-electron chi connectivity index (χ4n) is 1.64. The molecule has 2 unspecified atom stereocenters. The topological polar surface area (TPSA) is 20.2 Å². The van der Waals surface area contributed by atoms with Crippen LogP contribution in [-0.4, -0.2) is 5.11 Å². The maximum absolute atomic E-state index is 9.73. The van der Waals surface area contributed by atoms with E-state index in [0.717, 1.165) is 12.8 Å². The number of thiophene rings is 1. The van der Waals surface area contributed by atoms with Crippen molar-refractivity contribution in [2.75, 3.05) is 0 Å². The lowest BCUT2D eigenvalue weighted by Gasteiger charge is -2.24. The van der Waals surface area contributed by atoms with Gasteiger partial charge in [-0.05, 0) is 35.8 Å². The molecule has 0 aliphatic heterocycles. The summed E-state index contributed by atoms with van der Waals surface area (Å²) in [6.45, 7) is 2.12. The zero-order chi connectivity index (χ0) is 7.84. The van der Waals surface area contributed by atoms with Crippen molar-refractivity contribution in [3.05, 3.63) is 21.9 Å². The fourth-order valence-corrected chi connectivity index (χ4v) is 2.58. The van der Waals surface area contributed by atoms with E-state index >= 15 is 0 Å². The standard InChI is InChI=1S/C9H12OS/c1-6-2-3-8-7(9(6)10)4-5-11-8/h4-6,9-10H,2-3H2,1H3. The lowest BCUT2D eigenvalue weighted by molar-refractivity contribution is 0.105. The van der Waals surface area contributed by atoms with Gasteiger partial charge < -0.3 is 5.11 Å². The van der Waals surface area contributed by atoms with Crippen molar-refractivity contribution < 1.29 is 5.11 Å². The zero-order valence-electron chi connectivity index (χ0n) is 6.58. The van der Waals surface area contributed by atoms with E-state index in [1.807, 2.05) is 0 Å². The SMILES string of the molecule is CC1CCc2sccc2C1O. The number of aliphatic hydroxyl groups excluding tert-OH is 1. The molecule has 0 bridgehead atoms. The molecule has 1 aromatic heterocycles. The van der Waals surface area contributed by atoms with E-state index in [0.29, 0.717) is 5.92 Å². The van der Waals surface area contributed by atoms with Gasteiger partial charge in [0.15, 0.2) is 0 Å². The monoisotopic (exact) mass is 168 g/mol. The van der Waals surface area contributed by atoms with Crippen LogP contribution in [0.4, 0.5) is 0 Å². The van der Waals surface area contributed by atoms with Crippen LogP contribution in [0.2, 0.25) is 0 Å². The smallest absolute Gasteiger partial charge is 0.0826 e. The molecule has 1 aliphatic rings. The van der Waals surface area contributed by atoms with Crippen molar-refractivity contribution in [3.8, 4) is 0 Å². The van der Waals surface area contributed by atoms with Gasteiger partial charge in [-0.1, -0.05) is 6.92 Å². The third-order valence-corrected chi connectivity index (χ3v) is 3.46. The highest BCUT2D eigenvalue weighted by molar-refractivity contribution is 7.10. The Hall–Kier alpha value is -0.340. The highest BCUT2D eigenvalue weighted by atomic mass is 32.1. The number of aliphatic hydroxyl groups is 1. The number of hydrogen-bond donors (Lipinski definition) is 1. The Morgan fingerprint density at radius 3 is 3.27 bits per heavy atom. The first-order chi connectivity index (χ1) is 5.29. The highest BCUT2D eigenvalue weighted by Gasteiger charge is 2.24. The zero-order valence-corrected chi connectivity index (χ0v) is 7.40. The third kappa shape index (κ3) is 1.10. The maximum Gasteiger partial charge on any atom is 0.0826 e. The van der Waals surface area contributed by atoms with Gasteiger partial charge in [0, 0.05) is 4.88 Å². The minimum absolute atomic E-state index is 0.204. The van der Waals surface area contributed by atoms with Crippen LogP contribution < -0.4 is 0 Å². The molecule has 0 amide bonds. The summed E-state index contributed by atoms with van der Waals surface area (Å²) < 4.78 is 0. The summed E-state index contributed by atoms with van der Waals surface area (Å²) in [5.41, 5.74) is 1.17. The predicted octanol–water partition coefficient (Wildman–Crippen LogP) is 2.36. The summed E-state index contributed by atoms with van der Waals surface area (Å²) in [6, 6.07) is 2.06. The quantitative estimate of drug-likeness (QED) is 0.630. The second kappa shape index (κ2) is 2.61. The third-order valence-electron chi connectivity index (χ3n) is 2.46. The molecule has 11 heavy (non-hydrogen) atoms. The number of aryl methyl sites for hydroxylation is 1. The summed E-state index contributed by atoms with van der Waals surface area (Å²) in [5, 5.41) is 11.8. The van der Waals surface area contributed by atoms with E-state index in [9.17, 15) is 5.11 Å². The van der Waals surface area contributed by atoms with E-state index in [-0.39, 0.29) is 6.10 Å². The van der Waals surface area contributed by atoms with Crippen LogP contribution in [0.3, 0.4) is 0 Å². The average Bonchev–Trinajstić information content (AvgIpc) is 2.45. The largest absolute Gasteiger partial charge is 0.388 e. The first-order valence-corrected chi connectivity index (χ1v) is 4.91. The van der Waals surface area contributed by atoms with Gasteiger partial charge in [-0.15, -0.1) is 11.3 Å². The second-order valence-corrected chi connectivity index (χ2v) is 4.26. The Bertz CT molecular complexity index is 254. The number of fused-ring (bicyclic) bond motifs is 1. The average molecular weight is 168 g/mol. The summed E-state index contributed by atoms with van der Waals surface area (Å²) in [5.74, 6) is 0.442. The molecule has 1 heterocycles. The molecule has 1 aliphatic carbocycles. The molecule has 0 saturated carbocycles. The lowest BCUT2D eigenvalue weighted by Crippen LogP contribution is -2.15. The fraction of sp³-hybridized carbons (Fsp3) is 0.556. The van der Waals surface area contributed by atoms with Crippen molar-refractivity contribution in [2.45, 2.75) is 25.9 Å². The molecule has 2 rings (SSSR count). The van der Waals surface area contributed by atoms with Crippen molar-refractivity contribution >= 4 is 11.3 Å². The lowest BCUT2D eigenvalue weighted by atomic mass is 9.87. The Labute approximate surface area is 70.7 Å². The highest BCUT2D eigenvalue weighted by Crippen LogP contribution is 2.36. The van der Waals surface area contributed by atoms with E-state index in [4.69, 9.17) is 0 Å². The van der Waals surface area contributed by atoms with Gasteiger partial charge in [0.25, 0.3) is 0 Å². The van der Waals surface area contributed by atoms with Crippen LogP contribution in [0.5, 0.6) is 0 Å². The number of rotatable bonds is 0. The predicted molar refractivity (Wildman–Crippen MR) is 46.8 cm³/mol. The Balaban J connectivity index is 2.38. The van der Waals surface area contributed by atoms with Crippen LogP contribution in [0, 0.1) is 5.92 Å². The Morgan fingerprint density at radius 1 is 1.64 bits per heavy atom. The summed E-state index contributed by atoms with van der Waals surface area (Å²) in [4.78, 5) is 1.38. The molecule has 1 N–H and O–H groups in total. The van der Waals surface area contributed by atoms with Crippen molar-refractivity contribution in [1.29, 1.82) is 0 Å². The second-order valence-electron chi connectivity index (χ2n) is 3.26. The maximum atomic E-state index is 9.73. The van der Waals surface area contributed by atoms with Crippen LogP contribution in [0.15, 0.2) is 11.4 Å². The molecule has 1 aromatic rings. The Morgan fingerprint density at radius 2 is 2.45 bits per heavy atom. The molecule has 0 saturated heterocycles. The van der Waals surface area contributed by atoms with Crippen LogP contribution in [0.1, 0.15) is 29.9 Å². The van der Waals surface area contributed by atoms with Crippen LogP contribution in [-0.2, 0) is 6.42 Å². The van der Waals surface area contributed by atoms with E-state index in [1.165, 1.54) is 10.4 Å². The minimum Gasteiger partial charge on any atom is -0.388 e. The van der Waals surface area contributed by atoms with Crippen molar-refractivity contribution in [3.63, 3.8) is 0 Å². The van der Waals surface area contributed by atoms with Gasteiger partial charge in [0.2, 0.25) is 0 Å². The van der Waals surface area contributed by atoms with Gasteiger partial charge >= 0.3 is 0 Å². The molecular weight excluding hydrogens is 156 g/mol. The van der Waals surface area contributed by atoms with Gasteiger partial charge in [-0.25, -0.2) is 0 Å².